The van der Waals surface area contributed by atoms with E-state index < -0.39 is 23.8 Å². The van der Waals surface area contributed by atoms with Gasteiger partial charge in [0.2, 0.25) is 0 Å². The van der Waals surface area contributed by atoms with Gasteiger partial charge in [-0.3, -0.25) is 0 Å². The molecule has 0 radical (unpaired) electrons. The predicted molar refractivity (Wildman–Crippen MR) is 73.9 cm³/mol. The van der Waals surface area contributed by atoms with E-state index in [1.807, 2.05) is 30.3 Å². The lowest BCUT2D eigenvalue weighted by atomic mass is 10.2. The first kappa shape index (κ1) is 17.7. The fraction of sp³-hybridized carbons (Fsp3) is 0.188. The van der Waals surface area contributed by atoms with E-state index in [2.05, 4.69) is 4.74 Å². The summed E-state index contributed by atoms with van der Waals surface area (Å²) in [6.45, 7) is 0.242. The van der Waals surface area contributed by atoms with E-state index in [1.54, 1.807) is 0 Å². The van der Waals surface area contributed by atoms with Crippen molar-refractivity contribution in [2.24, 2.45) is 0 Å². The van der Waals surface area contributed by atoms with Crippen LogP contribution in [-0.4, -0.2) is 18.1 Å². The van der Waals surface area contributed by atoms with Crippen LogP contribution in [0.1, 0.15) is 5.56 Å². The standard InChI is InChI=1S/C16H11F5O3/c17-15(18,16(19,20)21)14(22)24-13-8-6-12(7-9-13)23-10-11-4-2-1-3-5-11/h1-9H,10H2. The van der Waals surface area contributed by atoms with Gasteiger partial charge < -0.3 is 9.47 Å². The second-order valence-electron chi connectivity index (χ2n) is 4.71. The molecular formula is C16H11F5O3. The van der Waals surface area contributed by atoms with Gasteiger partial charge in [0.15, 0.2) is 0 Å². The van der Waals surface area contributed by atoms with E-state index in [4.69, 9.17) is 4.74 Å². The van der Waals surface area contributed by atoms with Gasteiger partial charge in [-0.1, -0.05) is 30.3 Å². The maximum absolute atomic E-state index is 12.8. The van der Waals surface area contributed by atoms with E-state index >= 15 is 0 Å². The van der Waals surface area contributed by atoms with Crippen molar-refractivity contribution in [3.05, 3.63) is 60.2 Å². The number of alkyl halides is 5. The van der Waals surface area contributed by atoms with Crippen molar-refractivity contribution in [3.63, 3.8) is 0 Å². The number of benzene rings is 2. The summed E-state index contributed by atoms with van der Waals surface area (Å²) in [7, 11) is 0. The van der Waals surface area contributed by atoms with Crippen molar-refractivity contribution in [2.45, 2.75) is 18.7 Å². The van der Waals surface area contributed by atoms with Crippen molar-refractivity contribution in [1.82, 2.24) is 0 Å². The Bertz CT molecular complexity index is 681. The minimum absolute atomic E-state index is 0.242. The zero-order chi connectivity index (χ0) is 17.8. The Balaban J connectivity index is 1.96. The summed E-state index contributed by atoms with van der Waals surface area (Å²) >= 11 is 0. The molecule has 2 aromatic rings. The topological polar surface area (TPSA) is 35.5 Å². The maximum Gasteiger partial charge on any atom is 0.465 e. The third kappa shape index (κ3) is 4.21. The van der Waals surface area contributed by atoms with Crippen LogP contribution in [0.15, 0.2) is 54.6 Å². The van der Waals surface area contributed by atoms with Crippen molar-refractivity contribution < 1.29 is 36.2 Å². The van der Waals surface area contributed by atoms with Crippen LogP contribution in [0.4, 0.5) is 22.0 Å². The van der Waals surface area contributed by atoms with Gasteiger partial charge in [-0.2, -0.15) is 22.0 Å². The number of carbonyl (C=O) groups excluding carboxylic acids is 1. The molecule has 0 heterocycles. The first-order valence-corrected chi connectivity index (χ1v) is 6.64. The smallest absolute Gasteiger partial charge is 0.465 e. The molecule has 8 heteroatoms. The van der Waals surface area contributed by atoms with Crippen molar-refractivity contribution in [1.29, 1.82) is 0 Å². The van der Waals surface area contributed by atoms with Gasteiger partial charge in [-0.25, -0.2) is 4.79 Å². The largest absolute Gasteiger partial charge is 0.489 e. The highest BCUT2D eigenvalue weighted by Crippen LogP contribution is 2.36. The third-order valence-electron chi connectivity index (χ3n) is 2.89. The van der Waals surface area contributed by atoms with Crippen LogP contribution in [0.2, 0.25) is 0 Å². The number of hydrogen-bond acceptors (Lipinski definition) is 3. The van der Waals surface area contributed by atoms with Gasteiger partial charge in [0.1, 0.15) is 18.1 Å². The van der Waals surface area contributed by atoms with Crippen LogP contribution in [-0.2, 0) is 11.4 Å². The fourth-order valence-electron chi connectivity index (χ4n) is 1.63. The summed E-state index contributed by atoms with van der Waals surface area (Å²) in [5, 5.41) is 0. The Morgan fingerprint density at radius 1 is 0.833 bits per heavy atom. The molecule has 0 aromatic heterocycles. The average Bonchev–Trinajstić information content (AvgIpc) is 2.54. The first-order valence-electron chi connectivity index (χ1n) is 6.64. The zero-order valence-corrected chi connectivity index (χ0v) is 12.0. The molecule has 0 N–H and O–H groups in total. The molecule has 0 spiro atoms. The Morgan fingerprint density at radius 2 is 1.38 bits per heavy atom. The van der Waals surface area contributed by atoms with E-state index in [0.717, 1.165) is 17.7 Å². The molecule has 0 fully saturated rings. The molecule has 0 saturated carbocycles. The van der Waals surface area contributed by atoms with E-state index in [-0.39, 0.29) is 6.61 Å². The van der Waals surface area contributed by atoms with Gasteiger partial charge in [-0.15, -0.1) is 0 Å². The molecule has 0 aliphatic heterocycles. The van der Waals surface area contributed by atoms with Gasteiger partial charge in [0.25, 0.3) is 0 Å². The van der Waals surface area contributed by atoms with Gasteiger partial charge in [0.05, 0.1) is 0 Å². The minimum Gasteiger partial charge on any atom is -0.489 e. The van der Waals surface area contributed by atoms with Crippen LogP contribution in [0.5, 0.6) is 11.5 Å². The van der Waals surface area contributed by atoms with Crippen LogP contribution in [0.25, 0.3) is 0 Å². The Kier molecular flexibility index (Phi) is 5.06. The molecule has 128 valence electrons. The molecule has 0 aliphatic carbocycles. The summed E-state index contributed by atoms with van der Waals surface area (Å²) in [5.41, 5.74) is 0.887. The molecule has 24 heavy (non-hydrogen) atoms. The summed E-state index contributed by atoms with van der Waals surface area (Å²) in [6, 6.07) is 13.8. The molecule has 0 amide bonds. The molecule has 0 saturated heterocycles. The molecule has 2 rings (SSSR count). The van der Waals surface area contributed by atoms with Crippen molar-refractivity contribution >= 4 is 5.97 Å². The van der Waals surface area contributed by atoms with Crippen LogP contribution < -0.4 is 9.47 Å². The lowest BCUT2D eigenvalue weighted by Gasteiger charge is -2.17. The Morgan fingerprint density at radius 3 is 1.92 bits per heavy atom. The first-order chi connectivity index (χ1) is 11.2. The second kappa shape index (κ2) is 6.86. The highest BCUT2D eigenvalue weighted by Gasteiger charge is 2.65. The maximum atomic E-state index is 12.8. The molecule has 0 atom stereocenters. The van der Waals surface area contributed by atoms with Crippen LogP contribution in [0, 0.1) is 0 Å². The summed E-state index contributed by atoms with van der Waals surface area (Å²) in [6.07, 6.45) is -6.01. The lowest BCUT2D eigenvalue weighted by molar-refractivity contribution is -0.276. The van der Waals surface area contributed by atoms with Gasteiger partial charge in [0, 0.05) is 0 Å². The number of ether oxygens (including phenoxy) is 2. The van der Waals surface area contributed by atoms with E-state index in [9.17, 15) is 26.7 Å². The normalized spacial score (nSPS) is 11.9. The van der Waals surface area contributed by atoms with Gasteiger partial charge >= 0.3 is 18.1 Å². The minimum atomic E-state index is -6.01. The van der Waals surface area contributed by atoms with Gasteiger partial charge in [-0.05, 0) is 29.8 Å². The zero-order valence-electron chi connectivity index (χ0n) is 12.0. The predicted octanol–water partition coefficient (Wildman–Crippen LogP) is 4.37. The second-order valence-corrected chi connectivity index (χ2v) is 4.71. The SMILES string of the molecule is O=C(Oc1ccc(OCc2ccccc2)cc1)C(F)(F)C(F)(F)F. The Labute approximate surface area is 133 Å². The molecule has 0 bridgehead atoms. The monoisotopic (exact) mass is 346 g/mol. The highest BCUT2D eigenvalue weighted by molar-refractivity contribution is 5.80. The molecule has 0 unspecified atom stereocenters. The summed E-state index contributed by atoms with van der Waals surface area (Å²) in [4.78, 5) is 11.0. The summed E-state index contributed by atoms with van der Waals surface area (Å²) in [5.74, 6) is -8.37. The van der Waals surface area contributed by atoms with Crippen LogP contribution >= 0.6 is 0 Å². The number of carbonyl (C=O) groups is 1. The van der Waals surface area contributed by atoms with Crippen molar-refractivity contribution in [2.75, 3.05) is 0 Å². The number of hydrogen-bond donors (Lipinski definition) is 0. The van der Waals surface area contributed by atoms with Crippen molar-refractivity contribution in [3.8, 4) is 11.5 Å². The molecule has 2 aromatic carbocycles. The summed E-state index contributed by atoms with van der Waals surface area (Å²) < 4.78 is 71.1. The number of rotatable bonds is 5. The fourth-order valence-corrected chi connectivity index (χ4v) is 1.63. The molecular weight excluding hydrogens is 335 g/mol. The van der Waals surface area contributed by atoms with E-state index in [0.29, 0.717) is 5.75 Å². The van der Waals surface area contributed by atoms with E-state index in [1.165, 1.54) is 12.1 Å². The van der Waals surface area contributed by atoms with Crippen LogP contribution in [0.3, 0.4) is 0 Å². The molecule has 0 aliphatic rings. The molecule has 3 nitrogen and oxygen atoms in total. The highest BCUT2D eigenvalue weighted by atomic mass is 19.4. The number of halogens is 5. The average molecular weight is 346 g/mol. The Hall–Kier alpha value is -2.64. The quantitative estimate of drug-likeness (QED) is 0.458. The number of esters is 1. The lowest BCUT2D eigenvalue weighted by Crippen LogP contribution is -2.46. The third-order valence-corrected chi connectivity index (χ3v) is 2.89.